The highest BCUT2D eigenvalue weighted by atomic mass is 16.2. The molecule has 0 atom stereocenters. The molecule has 140 valence electrons. The average Bonchev–Trinajstić information content (AvgIpc) is 3.18. The third-order valence-corrected chi connectivity index (χ3v) is 4.67. The fourth-order valence-electron chi connectivity index (χ4n) is 3.10. The Morgan fingerprint density at radius 1 is 1.07 bits per heavy atom. The summed E-state index contributed by atoms with van der Waals surface area (Å²) in [7, 11) is 1.79. The molecule has 0 bridgehead atoms. The van der Waals surface area contributed by atoms with E-state index < -0.39 is 0 Å². The number of aromatic nitrogens is 3. The standard InChI is InChI=1S/C22H21N5O/c1-26(13-12-16-8-4-2-5-9-16)22(28)18-14-19(23)21-24-20(25-27(21)15-18)17-10-6-3-7-11-17/h2-11,14-15H,12-13,23H2,1H3. The normalized spacial score (nSPS) is 10.9. The molecule has 2 N–H and O–H groups in total. The van der Waals surface area contributed by atoms with Crippen LogP contribution in [0.4, 0.5) is 5.69 Å². The first kappa shape index (κ1) is 17.7. The summed E-state index contributed by atoms with van der Waals surface area (Å²) in [6.07, 6.45) is 2.48. The Hall–Kier alpha value is -3.67. The molecule has 0 aliphatic rings. The lowest BCUT2D eigenvalue weighted by Gasteiger charge is -2.17. The molecule has 2 aromatic carbocycles. The third kappa shape index (κ3) is 3.57. The number of anilines is 1. The van der Waals surface area contributed by atoms with Gasteiger partial charge in [0.1, 0.15) is 0 Å². The van der Waals surface area contributed by atoms with Crippen molar-refractivity contribution in [3.63, 3.8) is 0 Å². The molecule has 0 aliphatic carbocycles. The van der Waals surface area contributed by atoms with Crippen LogP contribution in [0.1, 0.15) is 15.9 Å². The van der Waals surface area contributed by atoms with Crippen molar-refractivity contribution in [2.24, 2.45) is 0 Å². The van der Waals surface area contributed by atoms with E-state index >= 15 is 0 Å². The number of carbonyl (C=O) groups excluding carboxylic acids is 1. The molecular weight excluding hydrogens is 350 g/mol. The zero-order valence-corrected chi connectivity index (χ0v) is 15.6. The number of nitrogens with two attached hydrogens (primary N) is 1. The Bertz CT molecular complexity index is 1110. The monoisotopic (exact) mass is 371 g/mol. The molecule has 0 saturated heterocycles. The molecule has 2 heterocycles. The zero-order chi connectivity index (χ0) is 19.5. The minimum atomic E-state index is -0.0960. The maximum Gasteiger partial charge on any atom is 0.255 e. The highest BCUT2D eigenvalue weighted by Gasteiger charge is 2.16. The van der Waals surface area contributed by atoms with Gasteiger partial charge in [0.25, 0.3) is 5.91 Å². The van der Waals surface area contributed by atoms with E-state index in [9.17, 15) is 4.79 Å². The first-order chi connectivity index (χ1) is 13.6. The summed E-state index contributed by atoms with van der Waals surface area (Å²) in [5.74, 6) is 0.482. The van der Waals surface area contributed by atoms with Crippen LogP contribution in [0.2, 0.25) is 0 Å². The van der Waals surface area contributed by atoms with Gasteiger partial charge in [-0.25, -0.2) is 9.50 Å². The second-order valence-electron chi connectivity index (χ2n) is 6.72. The van der Waals surface area contributed by atoms with E-state index in [-0.39, 0.29) is 5.91 Å². The van der Waals surface area contributed by atoms with Gasteiger partial charge >= 0.3 is 0 Å². The Balaban J connectivity index is 1.57. The number of nitrogen functional groups attached to an aromatic ring is 1. The van der Waals surface area contributed by atoms with Gasteiger partial charge in [-0.3, -0.25) is 4.79 Å². The maximum absolute atomic E-state index is 12.8. The van der Waals surface area contributed by atoms with E-state index in [0.29, 0.717) is 29.3 Å². The number of pyridine rings is 1. The molecule has 6 nitrogen and oxygen atoms in total. The van der Waals surface area contributed by atoms with Crippen LogP contribution in [-0.4, -0.2) is 39.0 Å². The molecule has 2 aromatic heterocycles. The van der Waals surface area contributed by atoms with Crippen molar-refractivity contribution in [1.82, 2.24) is 19.5 Å². The zero-order valence-electron chi connectivity index (χ0n) is 15.6. The SMILES string of the molecule is CN(CCc1ccccc1)C(=O)c1cc(N)c2nc(-c3ccccc3)nn2c1. The predicted molar refractivity (Wildman–Crippen MR) is 110 cm³/mol. The molecule has 0 spiro atoms. The summed E-state index contributed by atoms with van der Waals surface area (Å²) < 4.78 is 1.58. The Morgan fingerprint density at radius 3 is 2.46 bits per heavy atom. The molecule has 0 saturated carbocycles. The predicted octanol–water partition coefficient (Wildman–Crippen LogP) is 3.29. The Morgan fingerprint density at radius 2 is 1.75 bits per heavy atom. The fraction of sp³-hybridized carbons (Fsp3) is 0.136. The van der Waals surface area contributed by atoms with Gasteiger partial charge in [0, 0.05) is 25.4 Å². The van der Waals surface area contributed by atoms with E-state index in [1.807, 2.05) is 48.5 Å². The van der Waals surface area contributed by atoms with Crippen LogP contribution < -0.4 is 5.73 Å². The molecule has 0 aliphatic heterocycles. The highest BCUT2D eigenvalue weighted by Crippen LogP contribution is 2.20. The van der Waals surface area contributed by atoms with Crippen LogP contribution in [-0.2, 0) is 6.42 Å². The molecule has 28 heavy (non-hydrogen) atoms. The second kappa shape index (κ2) is 7.52. The molecule has 1 amide bonds. The van der Waals surface area contributed by atoms with Crippen molar-refractivity contribution in [3.8, 4) is 11.4 Å². The van der Waals surface area contributed by atoms with E-state index in [1.54, 1.807) is 28.7 Å². The summed E-state index contributed by atoms with van der Waals surface area (Å²) in [5.41, 5.74) is 9.72. The van der Waals surface area contributed by atoms with E-state index in [4.69, 9.17) is 5.73 Å². The van der Waals surface area contributed by atoms with Crippen LogP contribution in [0.5, 0.6) is 0 Å². The van der Waals surface area contributed by atoms with Gasteiger partial charge in [0.05, 0.1) is 11.3 Å². The minimum absolute atomic E-state index is 0.0960. The molecule has 0 unspecified atom stereocenters. The van der Waals surface area contributed by atoms with Crippen LogP contribution in [0.15, 0.2) is 72.9 Å². The van der Waals surface area contributed by atoms with Crippen molar-refractivity contribution < 1.29 is 4.79 Å². The first-order valence-corrected chi connectivity index (χ1v) is 9.12. The van der Waals surface area contributed by atoms with E-state index in [2.05, 4.69) is 22.2 Å². The Labute approximate surface area is 163 Å². The number of amides is 1. The third-order valence-electron chi connectivity index (χ3n) is 4.67. The quantitative estimate of drug-likeness (QED) is 0.584. The molecule has 4 rings (SSSR count). The van der Waals surface area contributed by atoms with Gasteiger partial charge < -0.3 is 10.6 Å². The number of rotatable bonds is 5. The van der Waals surface area contributed by atoms with Gasteiger partial charge in [-0.2, -0.15) is 0 Å². The van der Waals surface area contributed by atoms with Gasteiger partial charge in [0.2, 0.25) is 0 Å². The lowest BCUT2D eigenvalue weighted by molar-refractivity contribution is 0.0796. The summed E-state index contributed by atoms with van der Waals surface area (Å²) >= 11 is 0. The molecular formula is C22H21N5O. The topological polar surface area (TPSA) is 76.5 Å². The number of hydrogen-bond acceptors (Lipinski definition) is 4. The number of hydrogen-bond donors (Lipinski definition) is 1. The van der Waals surface area contributed by atoms with Gasteiger partial charge in [0.15, 0.2) is 11.5 Å². The van der Waals surface area contributed by atoms with Crippen LogP contribution in [0, 0.1) is 0 Å². The number of benzene rings is 2. The smallest absolute Gasteiger partial charge is 0.255 e. The number of carbonyl (C=O) groups is 1. The van der Waals surface area contributed by atoms with Crippen LogP contribution in [0.25, 0.3) is 17.0 Å². The second-order valence-corrected chi connectivity index (χ2v) is 6.72. The Kier molecular flexibility index (Phi) is 4.76. The van der Waals surface area contributed by atoms with Crippen molar-refractivity contribution in [2.45, 2.75) is 6.42 Å². The largest absolute Gasteiger partial charge is 0.396 e. The van der Waals surface area contributed by atoms with Gasteiger partial charge in [-0.15, -0.1) is 5.10 Å². The maximum atomic E-state index is 12.8. The number of likely N-dealkylation sites (N-methyl/N-ethyl adjacent to an activating group) is 1. The molecule has 6 heteroatoms. The first-order valence-electron chi connectivity index (χ1n) is 9.12. The van der Waals surface area contributed by atoms with Gasteiger partial charge in [-0.05, 0) is 18.1 Å². The lowest BCUT2D eigenvalue weighted by Crippen LogP contribution is -2.29. The van der Waals surface area contributed by atoms with Crippen LogP contribution >= 0.6 is 0 Å². The molecule has 0 fully saturated rings. The summed E-state index contributed by atoms with van der Waals surface area (Å²) in [4.78, 5) is 19.1. The van der Waals surface area contributed by atoms with Gasteiger partial charge in [-0.1, -0.05) is 60.7 Å². The highest BCUT2D eigenvalue weighted by molar-refractivity contribution is 5.95. The number of fused-ring (bicyclic) bond motifs is 1. The van der Waals surface area contributed by atoms with E-state index in [1.165, 1.54) is 5.56 Å². The summed E-state index contributed by atoms with van der Waals surface area (Å²) in [6.45, 7) is 0.618. The van der Waals surface area contributed by atoms with Crippen molar-refractivity contribution in [3.05, 3.63) is 84.1 Å². The van der Waals surface area contributed by atoms with E-state index in [0.717, 1.165) is 12.0 Å². The summed E-state index contributed by atoms with van der Waals surface area (Å²) in [5, 5.41) is 4.49. The summed E-state index contributed by atoms with van der Waals surface area (Å²) in [6, 6.07) is 21.5. The van der Waals surface area contributed by atoms with Crippen molar-refractivity contribution >= 4 is 17.2 Å². The minimum Gasteiger partial charge on any atom is -0.396 e. The molecule has 4 aromatic rings. The molecule has 0 radical (unpaired) electrons. The van der Waals surface area contributed by atoms with Crippen molar-refractivity contribution in [2.75, 3.05) is 19.3 Å². The van der Waals surface area contributed by atoms with Crippen LogP contribution in [0.3, 0.4) is 0 Å². The fourth-order valence-corrected chi connectivity index (χ4v) is 3.10. The average molecular weight is 371 g/mol. The number of nitrogens with zero attached hydrogens (tertiary/aromatic N) is 4. The lowest BCUT2D eigenvalue weighted by atomic mass is 10.1. The van der Waals surface area contributed by atoms with Crippen molar-refractivity contribution in [1.29, 1.82) is 0 Å².